The molecule has 0 fully saturated rings. The number of hydrogen-bond donors (Lipinski definition) is 3. The minimum Gasteiger partial charge on any atom is -0.508 e. The van der Waals surface area contributed by atoms with Gasteiger partial charge < -0.3 is 10.2 Å². The van der Waals surface area contributed by atoms with E-state index >= 15 is 0 Å². The highest BCUT2D eigenvalue weighted by atomic mass is 35.5. The van der Waals surface area contributed by atoms with Gasteiger partial charge in [-0.1, -0.05) is 70.7 Å². The predicted molar refractivity (Wildman–Crippen MR) is 114 cm³/mol. The first-order valence-electron chi connectivity index (χ1n) is 7.89. The van der Waals surface area contributed by atoms with E-state index in [0.717, 1.165) is 12.1 Å². The summed E-state index contributed by atoms with van der Waals surface area (Å²) >= 11 is 24.4. The molecule has 0 aliphatic rings. The summed E-state index contributed by atoms with van der Waals surface area (Å²) in [5.74, 6) is -1.11. The molecule has 1 unspecified atom stereocenters. The Morgan fingerprint density at radius 3 is 1.97 bits per heavy atom. The number of phenols is 2. The van der Waals surface area contributed by atoms with Crippen molar-refractivity contribution in [2.75, 3.05) is 0 Å². The molecule has 3 aromatic rings. The highest BCUT2D eigenvalue weighted by Crippen LogP contribution is 2.52. The molecule has 0 saturated carbocycles. The van der Waals surface area contributed by atoms with E-state index < -0.39 is 31.9 Å². The van der Waals surface area contributed by atoms with Gasteiger partial charge in [0.15, 0.2) is 4.75 Å². The van der Waals surface area contributed by atoms with E-state index in [1.807, 2.05) is 0 Å². The Kier molecular flexibility index (Phi) is 5.98. The van der Waals surface area contributed by atoms with Gasteiger partial charge in [-0.05, 0) is 29.8 Å². The molecule has 152 valence electrons. The standard InChI is InChI=1S/C19H12Cl4O5S/c20-14-4-2-1-3-12(14)19(29(26,27)28,10-5-6-15(21)16(22)7-10)13-8-11(24)9-17(23)18(13)25/h1-9,24-25H,(H,26,27,28). The topological polar surface area (TPSA) is 94.8 Å². The van der Waals surface area contributed by atoms with Gasteiger partial charge in [0.1, 0.15) is 11.5 Å². The largest absolute Gasteiger partial charge is 0.508 e. The second-order valence-electron chi connectivity index (χ2n) is 6.09. The Balaban J connectivity index is 2.63. The summed E-state index contributed by atoms with van der Waals surface area (Å²) in [6.45, 7) is 0. The fraction of sp³-hybridized carbons (Fsp3) is 0.0526. The number of halogens is 4. The van der Waals surface area contributed by atoms with Crippen LogP contribution in [-0.2, 0) is 14.9 Å². The van der Waals surface area contributed by atoms with Gasteiger partial charge in [0.25, 0.3) is 10.1 Å². The lowest BCUT2D eigenvalue weighted by atomic mass is 9.83. The molecule has 10 heteroatoms. The van der Waals surface area contributed by atoms with Gasteiger partial charge in [0, 0.05) is 22.2 Å². The Hall–Kier alpha value is -1.67. The van der Waals surface area contributed by atoms with Crippen molar-refractivity contribution < 1.29 is 23.2 Å². The van der Waals surface area contributed by atoms with Gasteiger partial charge in [-0.2, -0.15) is 8.42 Å². The number of hydrogen-bond acceptors (Lipinski definition) is 4. The minimum atomic E-state index is -5.11. The summed E-state index contributed by atoms with van der Waals surface area (Å²) in [6, 6.07) is 11.7. The van der Waals surface area contributed by atoms with E-state index in [-0.39, 0.29) is 31.2 Å². The highest BCUT2D eigenvalue weighted by molar-refractivity contribution is 7.87. The Morgan fingerprint density at radius 2 is 1.38 bits per heavy atom. The minimum absolute atomic E-state index is 0.00464. The Labute approximate surface area is 186 Å². The van der Waals surface area contributed by atoms with E-state index in [1.54, 1.807) is 6.07 Å². The van der Waals surface area contributed by atoms with Crippen LogP contribution in [-0.4, -0.2) is 23.2 Å². The second-order valence-corrected chi connectivity index (χ2v) is 9.28. The van der Waals surface area contributed by atoms with Gasteiger partial charge in [0.05, 0.1) is 15.1 Å². The summed E-state index contributed by atoms with van der Waals surface area (Å²) in [7, 11) is -5.11. The number of benzene rings is 3. The van der Waals surface area contributed by atoms with Crippen molar-refractivity contribution >= 4 is 56.5 Å². The van der Waals surface area contributed by atoms with Crippen LogP contribution in [0.4, 0.5) is 0 Å². The molecular formula is C19H12Cl4O5S. The molecule has 5 nitrogen and oxygen atoms in total. The van der Waals surface area contributed by atoms with Crippen LogP contribution in [0.15, 0.2) is 54.6 Å². The average molecular weight is 494 g/mol. The van der Waals surface area contributed by atoms with Crippen LogP contribution in [0.2, 0.25) is 20.1 Å². The lowest BCUT2D eigenvalue weighted by Crippen LogP contribution is -2.38. The van der Waals surface area contributed by atoms with E-state index in [1.165, 1.54) is 36.4 Å². The van der Waals surface area contributed by atoms with Crippen LogP contribution >= 0.6 is 46.4 Å². The van der Waals surface area contributed by atoms with Crippen LogP contribution in [0.3, 0.4) is 0 Å². The molecule has 0 heterocycles. The smallest absolute Gasteiger partial charge is 0.283 e. The molecule has 1 atom stereocenters. The van der Waals surface area contributed by atoms with Crippen molar-refractivity contribution in [3.05, 3.63) is 91.4 Å². The lowest BCUT2D eigenvalue weighted by molar-refractivity contribution is 0.435. The van der Waals surface area contributed by atoms with Crippen molar-refractivity contribution in [3.63, 3.8) is 0 Å². The number of phenolic OH excluding ortho intramolecular Hbond substituents is 2. The average Bonchev–Trinajstić information content (AvgIpc) is 2.62. The Morgan fingerprint density at radius 1 is 0.724 bits per heavy atom. The lowest BCUT2D eigenvalue weighted by Gasteiger charge is -2.34. The normalized spacial score (nSPS) is 13.8. The third kappa shape index (κ3) is 3.65. The third-order valence-electron chi connectivity index (χ3n) is 4.39. The van der Waals surface area contributed by atoms with Crippen molar-refractivity contribution in [2.45, 2.75) is 4.75 Å². The van der Waals surface area contributed by atoms with Gasteiger partial charge in [-0.25, -0.2) is 0 Å². The quantitative estimate of drug-likeness (QED) is 0.239. The fourth-order valence-corrected chi connectivity index (χ4v) is 5.36. The van der Waals surface area contributed by atoms with Crippen LogP contribution in [0.1, 0.15) is 16.7 Å². The van der Waals surface area contributed by atoms with Crippen LogP contribution in [0.25, 0.3) is 0 Å². The van der Waals surface area contributed by atoms with Crippen LogP contribution in [0.5, 0.6) is 11.5 Å². The third-order valence-corrected chi connectivity index (χ3v) is 7.20. The SMILES string of the molecule is O=S(=O)(O)C(c1ccc(Cl)c(Cl)c1)(c1ccccc1Cl)c1cc(O)cc(Cl)c1O. The number of aromatic hydroxyl groups is 2. The molecule has 3 N–H and O–H groups in total. The van der Waals surface area contributed by atoms with Crippen molar-refractivity contribution in [1.29, 1.82) is 0 Å². The van der Waals surface area contributed by atoms with E-state index in [9.17, 15) is 23.2 Å². The maximum atomic E-state index is 13.0. The molecule has 29 heavy (non-hydrogen) atoms. The van der Waals surface area contributed by atoms with Crippen molar-refractivity contribution in [3.8, 4) is 11.5 Å². The summed E-state index contributed by atoms with van der Waals surface area (Å²) in [6.07, 6.45) is 0. The molecule has 0 saturated heterocycles. The van der Waals surface area contributed by atoms with Crippen molar-refractivity contribution in [1.82, 2.24) is 0 Å². The highest BCUT2D eigenvalue weighted by Gasteiger charge is 2.51. The van der Waals surface area contributed by atoms with E-state index in [2.05, 4.69) is 0 Å². The summed E-state index contributed by atoms with van der Waals surface area (Å²) in [4.78, 5) is 0. The van der Waals surface area contributed by atoms with Crippen LogP contribution < -0.4 is 0 Å². The molecular weight excluding hydrogens is 482 g/mol. The summed E-state index contributed by atoms with van der Waals surface area (Å²) < 4.78 is 33.9. The predicted octanol–water partition coefficient (Wildman–Crippen LogP) is 5.89. The first-order chi connectivity index (χ1) is 13.5. The summed E-state index contributed by atoms with van der Waals surface area (Å²) in [5, 5.41) is 20.5. The molecule has 3 aromatic carbocycles. The monoisotopic (exact) mass is 492 g/mol. The molecule has 0 spiro atoms. The summed E-state index contributed by atoms with van der Waals surface area (Å²) in [5.41, 5.74) is -0.601. The maximum Gasteiger partial charge on any atom is 0.283 e. The second kappa shape index (κ2) is 7.87. The Bertz CT molecular complexity index is 1210. The number of rotatable bonds is 4. The van der Waals surface area contributed by atoms with Crippen molar-refractivity contribution in [2.24, 2.45) is 0 Å². The van der Waals surface area contributed by atoms with Gasteiger partial charge in [0.2, 0.25) is 0 Å². The molecule has 0 aliphatic carbocycles. The fourth-order valence-electron chi connectivity index (χ4n) is 3.20. The zero-order valence-corrected chi connectivity index (χ0v) is 18.1. The first-order valence-corrected chi connectivity index (χ1v) is 10.8. The zero-order valence-electron chi connectivity index (χ0n) is 14.3. The maximum absolute atomic E-state index is 13.0. The van der Waals surface area contributed by atoms with Gasteiger partial charge in [-0.15, -0.1) is 0 Å². The van der Waals surface area contributed by atoms with E-state index in [0.29, 0.717) is 0 Å². The molecule has 0 aliphatic heterocycles. The molecule has 0 bridgehead atoms. The first kappa shape index (κ1) is 22.0. The molecule has 3 rings (SSSR count). The molecule has 0 aromatic heterocycles. The van der Waals surface area contributed by atoms with Gasteiger partial charge in [-0.3, -0.25) is 4.55 Å². The molecule has 0 radical (unpaired) electrons. The van der Waals surface area contributed by atoms with Crippen LogP contribution in [0, 0.1) is 0 Å². The molecule has 0 amide bonds. The van der Waals surface area contributed by atoms with Gasteiger partial charge >= 0.3 is 0 Å². The zero-order chi connectivity index (χ0) is 21.6. The van der Waals surface area contributed by atoms with E-state index in [4.69, 9.17) is 46.4 Å².